The molecule has 0 fully saturated rings. The highest BCUT2D eigenvalue weighted by Crippen LogP contribution is 2.39. The van der Waals surface area contributed by atoms with E-state index in [0.29, 0.717) is 33.2 Å². The molecule has 0 aliphatic carbocycles. The number of rotatable bonds is 3. The van der Waals surface area contributed by atoms with Crippen LogP contribution in [0.4, 0.5) is 0 Å². The minimum Gasteiger partial charge on any atom is -0.452 e. The SMILES string of the molecule is Cc1c(OC(=O)c2ccc(C(C)(C)C)cc2)ccc2c1O/C(=C\c1ccc(Cl)cc1)C2=O. The van der Waals surface area contributed by atoms with E-state index < -0.39 is 5.97 Å². The summed E-state index contributed by atoms with van der Waals surface area (Å²) < 4.78 is 11.5. The summed E-state index contributed by atoms with van der Waals surface area (Å²) in [6, 6.07) is 17.7. The lowest BCUT2D eigenvalue weighted by atomic mass is 9.87. The summed E-state index contributed by atoms with van der Waals surface area (Å²) in [5.41, 5.74) is 3.42. The monoisotopic (exact) mass is 446 g/mol. The lowest BCUT2D eigenvalue weighted by Crippen LogP contribution is -2.13. The van der Waals surface area contributed by atoms with Crippen LogP contribution in [0.3, 0.4) is 0 Å². The molecule has 1 heterocycles. The van der Waals surface area contributed by atoms with Gasteiger partial charge in [-0.25, -0.2) is 4.79 Å². The second-order valence-corrected chi connectivity index (χ2v) is 9.21. The van der Waals surface area contributed by atoms with E-state index in [-0.39, 0.29) is 17.0 Å². The molecule has 32 heavy (non-hydrogen) atoms. The third kappa shape index (κ3) is 4.32. The van der Waals surface area contributed by atoms with E-state index in [2.05, 4.69) is 20.8 Å². The maximum Gasteiger partial charge on any atom is 0.343 e. The van der Waals surface area contributed by atoms with Gasteiger partial charge in [-0.1, -0.05) is 56.6 Å². The number of ether oxygens (including phenoxy) is 2. The molecule has 3 aromatic carbocycles. The topological polar surface area (TPSA) is 52.6 Å². The molecule has 0 unspecified atom stereocenters. The Morgan fingerprint density at radius 1 is 0.969 bits per heavy atom. The second kappa shape index (κ2) is 8.29. The molecule has 162 valence electrons. The first-order chi connectivity index (χ1) is 15.1. The van der Waals surface area contributed by atoms with Crippen molar-refractivity contribution in [3.63, 3.8) is 0 Å². The summed E-state index contributed by atoms with van der Waals surface area (Å²) in [6.45, 7) is 8.12. The van der Waals surface area contributed by atoms with Crippen molar-refractivity contribution >= 4 is 29.4 Å². The van der Waals surface area contributed by atoms with Gasteiger partial charge in [0.25, 0.3) is 0 Å². The van der Waals surface area contributed by atoms with Gasteiger partial charge in [0.15, 0.2) is 5.76 Å². The molecule has 0 aromatic heterocycles. The molecule has 0 radical (unpaired) electrons. The number of allylic oxidation sites excluding steroid dienone is 1. The van der Waals surface area contributed by atoms with E-state index in [0.717, 1.165) is 11.1 Å². The van der Waals surface area contributed by atoms with Crippen LogP contribution in [-0.2, 0) is 5.41 Å². The van der Waals surface area contributed by atoms with Crippen LogP contribution >= 0.6 is 11.6 Å². The fourth-order valence-corrected chi connectivity index (χ4v) is 3.58. The highest BCUT2D eigenvalue weighted by molar-refractivity contribution is 6.30. The Hall–Kier alpha value is -3.37. The molecule has 0 spiro atoms. The molecular formula is C27H23ClO4. The van der Waals surface area contributed by atoms with Crippen LogP contribution in [0.1, 0.15) is 58.2 Å². The number of Topliss-reactive ketones (excluding diaryl/α,β-unsaturated/α-hetero) is 1. The van der Waals surface area contributed by atoms with Gasteiger partial charge >= 0.3 is 5.97 Å². The van der Waals surface area contributed by atoms with Crippen LogP contribution in [0.25, 0.3) is 6.08 Å². The van der Waals surface area contributed by atoms with Gasteiger partial charge in [0.05, 0.1) is 11.1 Å². The lowest BCUT2D eigenvalue weighted by Gasteiger charge is -2.19. The van der Waals surface area contributed by atoms with Crippen LogP contribution in [0.5, 0.6) is 11.5 Å². The summed E-state index contributed by atoms with van der Waals surface area (Å²) in [6.07, 6.45) is 1.67. The average Bonchev–Trinajstić information content (AvgIpc) is 3.07. The van der Waals surface area contributed by atoms with Gasteiger partial charge in [0.1, 0.15) is 11.5 Å². The number of fused-ring (bicyclic) bond motifs is 1. The van der Waals surface area contributed by atoms with Crippen molar-refractivity contribution < 1.29 is 19.1 Å². The molecule has 0 bridgehead atoms. The highest BCUT2D eigenvalue weighted by Gasteiger charge is 2.30. The largest absolute Gasteiger partial charge is 0.452 e. The molecule has 4 rings (SSSR count). The fraction of sp³-hybridized carbons (Fsp3) is 0.185. The molecule has 5 heteroatoms. The van der Waals surface area contributed by atoms with E-state index in [9.17, 15) is 9.59 Å². The van der Waals surface area contributed by atoms with Gasteiger partial charge in [-0.15, -0.1) is 0 Å². The van der Waals surface area contributed by atoms with E-state index in [1.165, 1.54) is 0 Å². The van der Waals surface area contributed by atoms with Crippen molar-refractivity contribution in [2.45, 2.75) is 33.1 Å². The molecule has 0 saturated heterocycles. The third-order valence-corrected chi connectivity index (χ3v) is 5.65. The molecule has 0 saturated carbocycles. The molecule has 4 nitrogen and oxygen atoms in total. The summed E-state index contributed by atoms with van der Waals surface area (Å²) >= 11 is 5.92. The Labute approximate surface area is 192 Å². The van der Waals surface area contributed by atoms with Crippen molar-refractivity contribution in [3.05, 3.63) is 99.3 Å². The summed E-state index contributed by atoms with van der Waals surface area (Å²) in [5, 5.41) is 0.615. The predicted octanol–water partition coefficient (Wildman–Crippen LogP) is 6.78. The Morgan fingerprint density at radius 2 is 1.62 bits per heavy atom. The number of halogens is 1. The number of ketones is 1. The van der Waals surface area contributed by atoms with E-state index in [1.54, 1.807) is 61.5 Å². The summed E-state index contributed by atoms with van der Waals surface area (Å²) in [7, 11) is 0. The second-order valence-electron chi connectivity index (χ2n) is 8.77. The average molecular weight is 447 g/mol. The van der Waals surface area contributed by atoms with Gasteiger partial charge in [-0.05, 0) is 65.9 Å². The van der Waals surface area contributed by atoms with E-state index >= 15 is 0 Å². The summed E-state index contributed by atoms with van der Waals surface area (Å²) in [5.74, 6) is 0.299. The number of esters is 1. The van der Waals surface area contributed by atoms with Crippen molar-refractivity contribution in [1.82, 2.24) is 0 Å². The molecule has 0 atom stereocenters. The van der Waals surface area contributed by atoms with Crippen molar-refractivity contribution in [2.24, 2.45) is 0 Å². The number of hydrogen-bond donors (Lipinski definition) is 0. The first-order valence-corrected chi connectivity index (χ1v) is 10.7. The van der Waals surface area contributed by atoms with Crippen molar-refractivity contribution in [1.29, 1.82) is 0 Å². The maximum absolute atomic E-state index is 12.8. The molecule has 3 aromatic rings. The van der Waals surface area contributed by atoms with Gasteiger partial charge in [0.2, 0.25) is 5.78 Å². The molecule has 1 aliphatic rings. The Morgan fingerprint density at radius 3 is 2.25 bits per heavy atom. The normalized spacial score (nSPS) is 14.3. The van der Waals surface area contributed by atoms with Crippen LogP contribution < -0.4 is 9.47 Å². The Balaban J connectivity index is 1.56. The number of benzene rings is 3. The fourth-order valence-electron chi connectivity index (χ4n) is 3.45. The third-order valence-electron chi connectivity index (χ3n) is 5.39. The zero-order valence-electron chi connectivity index (χ0n) is 18.4. The molecular weight excluding hydrogens is 424 g/mol. The van der Waals surface area contributed by atoms with E-state index in [4.69, 9.17) is 21.1 Å². The maximum atomic E-state index is 12.8. The lowest BCUT2D eigenvalue weighted by molar-refractivity contribution is 0.0733. The minimum atomic E-state index is -0.463. The Bertz CT molecular complexity index is 1230. The smallest absolute Gasteiger partial charge is 0.343 e. The van der Waals surface area contributed by atoms with Gasteiger partial charge < -0.3 is 9.47 Å². The zero-order valence-corrected chi connectivity index (χ0v) is 19.1. The van der Waals surface area contributed by atoms with Crippen molar-refractivity contribution in [3.8, 4) is 11.5 Å². The molecule has 0 amide bonds. The Kier molecular flexibility index (Phi) is 5.66. The number of hydrogen-bond acceptors (Lipinski definition) is 4. The molecule has 0 N–H and O–H groups in total. The van der Waals surface area contributed by atoms with Gasteiger partial charge in [-0.3, -0.25) is 4.79 Å². The number of carbonyl (C=O) groups is 2. The zero-order chi connectivity index (χ0) is 23.0. The highest BCUT2D eigenvalue weighted by atomic mass is 35.5. The van der Waals surface area contributed by atoms with Crippen LogP contribution in [-0.4, -0.2) is 11.8 Å². The van der Waals surface area contributed by atoms with Gasteiger partial charge in [0, 0.05) is 10.6 Å². The first-order valence-electron chi connectivity index (χ1n) is 10.3. The quantitative estimate of drug-likeness (QED) is 0.253. The standard InChI is InChI=1S/C27H23ClO4/c1-16-22(32-26(30)18-7-9-19(10-8-18)27(2,3)4)14-13-21-24(29)23(31-25(16)21)15-17-5-11-20(28)12-6-17/h5-15H,1-4H3/b23-15-. The minimum absolute atomic E-state index is 0.000119. The van der Waals surface area contributed by atoms with Crippen LogP contribution in [0, 0.1) is 6.92 Å². The van der Waals surface area contributed by atoms with Crippen LogP contribution in [0.15, 0.2) is 66.4 Å². The van der Waals surface area contributed by atoms with Crippen LogP contribution in [0.2, 0.25) is 5.02 Å². The predicted molar refractivity (Wildman–Crippen MR) is 126 cm³/mol. The molecule has 1 aliphatic heterocycles. The van der Waals surface area contributed by atoms with Crippen molar-refractivity contribution in [2.75, 3.05) is 0 Å². The number of carbonyl (C=O) groups excluding carboxylic acids is 2. The van der Waals surface area contributed by atoms with Gasteiger partial charge in [-0.2, -0.15) is 0 Å². The summed E-state index contributed by atoms with van der Waals surface area (Å²) in [4.78, 5) is 25.4. The first kappa shape index (κ1) is 21.8. The van der Waals surface area contributed by atoms with E-state index in [1.807, 2.05) is 12.1 Å².